The van der Waals surface area contributed by atoms with Gasteiger partial charge < -0.3 is 4.74 Å². The molecule has 21 heavy (non-hydrogen) atoms. The number of ether oxygens (including phenoxy) is 1. The molecule has 0 saturated heterocycles. The van der Waals surface area contributed by atoms with E-state index in [1.54, 1.807) is 12.1 Å². The molecule has 1 rings (SSSR count). The zero-order valence-electron chi connectivity index (χ0n) is 12.4. The Morgan fingerprint density at radius 1 is 1.14 bits per heavy atom. The average molecular weight is 309 g/mol. The van der Waals surface area contributed by atoms with E-state index in [4.69, 9.17) is 16.3 Å². The fourth-order valence-corrected chi connectivity index (χ4v) is 2.04. The van der Waals surface area contributed by atoms with Crippen LogP contribution in [0.4, 0.5) is 0 Å². The molecule has 0 fully saturated rings. The molecule has 0 unspecified atom stereocenters. The van der Waals surface area contributed by atoms with E-state index in [0.717, 1.165) is 32.1 Å². The maximum Gasteiger partial charge on any atom is 0.252 e. The number of carbonyl (C=O) groups is 2. The number of carbonyl (C=O) groups excluding carboxylic acids is 2. The molecule has 1 aromatic carbocycles. The largest absolute Gasteiger partial charge is 0.494 e. The van der Waals surface area contributed by atoms with Gasteiger partial charge in [-0.15, -0.1) is 6.58 Å². The van der Waals surface area contributed by atoms with Crippen molar-refractivity contribution < 1.29 is 14.3 Å². The minimum Gasteiger partial charge on any atom is -0.494 e. The van der Waals surface area contributed by atoms with Crippen LogP contribution in [0, 0.1) is 0 Å². The molecule has 4 heteroatoms. The third-order valence-corrected chi connectivity index (χ3v) is 3.33. The van der Waals surface area contributed by atoms with Gasteiger partial charge in [-0.25, -0.2) is 0 Å². The lowest BCUT2D eigenvalue weighted by atomic mass is 10.1. The molecule has 0 radical (unpaired) electrons. The third kappa shape index (κ3) is 6.58. The molecule has 0 aromatic heterocycles. The smallest absolute Gasteiger partial charge is 0.252 e. The van der Waals surface area contributed by atoms with Crippen LogP contribution in [-0.2, 0) is 0 Å². The predicted octanol–water partition coefficient (Wildman–Crippen LogP) is 4.78. The lowest BCUT2D eigenvalue weighted by Gasteiger charge is -2.09. The highest BCUT2D eigenvalue weighted by Gasteiger charge is 2.09. The molecule has 1 aromatic rings. The highest BCUT2D eigenvalue weighted by Crippen LogP contribution is 2.20. The fourth-order valence-electron chi connectivity index (χ4n) is 1.93. The summed E-state index contributed by atoms with van der Waals surface area (Å²) in [4.78, 5) is 22.7. The van der Waals surface area contributed by atoms with Gasteiger partial charge in [-0.3, -0.25) is 9.59 Å². The quantitative estimate of drug-likeness (QED) is 0.270. The number of rotatable bonds is 10. The molecule has 0 spiro atoms. The van der Waals surface area contributed by atoms with E-state index in [-0.39, 0.29) is 11.3 Å². The summed E-state index contributed by atoms with van der Waals surface area (Å²) in [7, 11) is 0. The van der Waals surface area contributed by atoms with E-state index in [2.05, 4.69) is 6.58 Å². The van der Waals surface area contributed by atoms with Crippen LogP contribution in [0.15, 0.2) is 30.9 Å². The Kier molecular flexibility index (Phi) is 7.76. The van der Waals surface area contributed by atoms with Crippen molar-refractivity contribution in [3.63, 3.8) is 0 Å². The van der Waals surface area contributed by atoms with Crippen molar-refractivity contribution >= 4 is 22.6 Å². The molecule has 0 atom stereocenters. The van der Waals surface area contributed by atoms with E-state index in [1.807, 2.05) is 6.08 Å². The molecule has 114 valence electrons. The maximum absolute atomic E-state index is 11.4. The van der Waals surface area contributed by atoms with Gasteiger partial charge in [0, 0.05) is 11.1 Å². The van der Waals surface area contributed by atoms with Gasteiger partial charge in [0.25, 0.3) is 5.24 Å². The zero-order chi connectivity index (χ0) is 15.7. The van der Waals surface area contributed by atoms with Crippen LogP contribution in [0.5, 0.6) is 5.75 Å². The highest BCUT2D eigenvalue weighted by atomic mass is 35.5. The Hall–Kier alpha value is -1.61. The van der Waals surface area contributed by atoms with Crippen molar-refractivity contribution in [2.45, 2.75) is 39.0 Å². The van der Waals surface area contributed by atoms with Crippen LogP contribution in [0.2, 0.25) is 0 Å². The Morgan fingerprint density at radius 3 is 2.43 bits per heavy atom. The minimum absolute atomic E-state index is 0.121. The van der Waals surface area contributed by atoms with Crippen molar-refractivity contribution in [3.05, 3.63) is 42.0 Å². The van der Waals surface area contributed by atoms with Gasteiger partial charge in [-0.2, -0.15) is 0 Å². The molecule has 0 aliphatic rings. The first kappa shape index (κ1) is 17.4. The van der Waals surface area contributed by atoms with Crippen molar-refractivity contribution in [2.75, 3.05) is 6.61 Å². The average Bonchev–Trinajstić information content (AvgIpc) is 2.46. The zero-order valence-corrected chi connectivity index (χ0v) is 13.1. The van der Waals surface area contributed by atoms with Crippen molar-refractivity contribution in [3.8, 4) is 5.75 Å². The summed E-state index contributed by atoms with van der Waals surface area (Å²) in [5.41, 5.74) is 0.716. The fraction of sp³-hybridized carbons (Fsp3) is 0.412. The monoisotopic (exact) mass is 308 g/mol. The summed E-state index contributed by atoms with van der Waals surface area (Å²) < 4.78 is 5.61. The summed E-state index contributed by atoms with van der Waals surface area (Å²) >= 11 is 5.47. The Bertz CT molecular complexity index is 477. The standard InChI is InChI=1S/C17H21ClO3/c1-3-4-5-6-7-8-9-21-16-11-14(13(2)19)10-15(12-16)17(18)20/h3,10-12H,1,4-9H2,2H3. The van der Waals surface area contributed by atoms with Gasteiger partial charge in [0.15, 0.2) is 5.78 Å². The van der Waals surface area contributed by atoms with Crippen LogP contribution >= 0.6 is 11.6 Å². The minimum atomic E-state index is -0.590. The SMILES string of the molecule is C=CCCCCCCOc1cc(C(C)=O)cc(C(=O)Cl)c1. The van der Waals surface area contributed by atoms with Crippen molar-refractivity contribution in [1.82, 2.24) is 0 Å². The second-order valence-electron chi connectivity index (χ2n) is 4.92. The molecule has 0 saturated carbocycles. The second kappa shape index (κ2) is 9.35. The maximum atomic E-state index is 11.4. The summed E-state index contributed by atoms with van der Waals surface area (Å²) in [6, 6.07) is 4.70. The first-order valence-corrected chi connectivity index (χ1v) is 7.52. The number of hydrogen-bond acceptors (Lipinski definition) is 3. The number of Topliss-reactive ketones (excluding diaryl/α,β-unsaturated/α-hetero) is 1. The number of allylic oxidation sites excluding steroid dienone is 1. The van der Waals surface area contributed by atoms with E-state index in [0.29, 0.717) is 17.9 Å². The number of ketones is 1. The van der Waals surface area contributed by atoms with Gasteiger partial charge in [0.1, 0.15) is 5.75 Å². The second-order valence-corrected chi connectivity index (χ2v) is 5.26. The molecule has 3 nitrogen and oxygen atoms in total. The Labute approximate surface area is 130 Å². The number of hydrogen-bond donors (Lipinski definition) is 0. The van der Waals surface area contributed by atoms with Crippen LogP contribution in [0.3, 0.4) is 0 Å². The van der Waals surface area contributed by atoms with E-state index < -0.39 is 5.24 Å². The predicted molar refractivity (Wildman–Crippen MR) is 85.4 cm³/mol. The lowest BCUT2D eigenvalue weighted by Crippen LogP contribution is -2.02. The van der Waals surface area contributed by atoms with Crippen LogP contribution in [-0.4, -0.2) is 17.6 Å². The van der Waals surface area contributed by atoms with Crippen molar-refractivity contribution in [2.24, 2.45) is 0 Å². The highest BCUT2D eigenvalue weighted by molar-refractivity contribution is 6.67. The van der Waals surface area contributed by atoms with Gasteiger partial charge in [0.05, 0.1) is 6.61 Å². The first-order chi connectivity index (χ1) is 10.0. The summed E-state index contributed by atoms with van der Waals surface area (Å²) in [5.74, 6) is 0.391. The van der Waals surface area contributed by atoms with Gasteiger partial charge in [-0.05, 0) is 56.0 Å². The van der Waals surface area contributed by atoms with Gasteiger partial charge in [-0.1, -0.05) is 18.9 Å². The molecule has 0 aliphatic carbocycles. The van der Waals surface area contributed by atoms with Gasteiger partial charge in [0.2, 0.25) is 0 Å². The normalized spacial score (nSPS) is 10.2. The molecule has 0 N–H and O–H groups in total. The summed E-state index contributed by atoms with van der Waals surface area (Å²) in [6.07, 6.45) is 7.28. The number of benzene rings is 1. The van der Waals surface area contributed by atoms with E-state index in [9.17, 15) is 9.59 Å². The van der Waals surface area contributed by atoms with Gasteiger partial charge >= 0.3 is 0 Å². The molecule has 0 aliphatic heterocycles. The Balaban J connectivity index is 2.52. The van der Waals surface area contributed by atoms with Crippen molar-refractivity contribution in [1.29, 1.82) is 0 Å². The Morgan fingerprint density at radius 2 is 1.81 bits per heavy atom. The lowest BCUT2D eigenvalue weighted by molar-refractivity contribution is 0.101. The summed E-state index contributed by atoms with van der Waals surface area (Å²) in [6.45, 7) is 5.70. The van der Waals surface area contributed by atoms with Crippen LogP contribution < -0.4 is 4.74 Å². The van der Waals surface area contributed by atoms with Crippen LogP contribution in [0.25, 0.3) is 0 Å². The topological polar surface area (TPSA) is 43.4 Å². The number of halogens is 1. The first-order valence-electron chi connectivity index (χ1n) is 7.14. The summed E-state index contributed by atoms with van der Waals surface area (Å²) in [5, 5.41) is -0.590. The molecule has 0 amide bonds. The molecular formula is C17H21ClO3. The van der Waals surface area contributed by atoms with E-state index >= 15 is 0 Å². The number of unbranched alkanes of at least 4 members (excludes halogenated alkanes) is 4. The van der Waals surface area contributed by atoms with Crippen LogP contribution in [0.1, 0.15) is 59.7 Å². The third-order valence-electron chi connectivity index (χ3n) is 3.11. The molecule has 0 heterocycles. The molecular weight excluding hydrogens is 288 g/mol. The van der Waals surface area contributed by atoms with E-state index in [1.165, 1.54) is 13.0 Å². The molecule has 0 bridgehead atoms.